The first-order chi connectivity index (χ1) is 9.54. The predicted octanol–water partition coefficient (Wildman–Crippen LogP) is 2.43. The van der Waals surface area contributed by atoms with E-state index >= 15 is 0 Å². The van der Waals surface area contributed by atoms with E-state index in [1.54, 1.807) is 0 Å². The lowest BCUT2D eigenvalue weighted by molar-refractivity contribution is 0.661. The third-order valence-electron chi connectivity index (χ3n) is 3.97. The lowest BCUT2D eigenvalue weighted by atomic mass is 9.94. The molecule has 2 rings (SSSR count). The standard InChI is InChI=1S/C15H24N4S/c1-10(9-20-3)19(2)15-12(14(16)17)8-11-6-4-5-7-13(11)18-15/h8,10H,4-7,9H2,1-3H3,(H3,16,17). The van der Waals surface area contributed by atoms with Crippen LogP contribution in [0.5, 0.6) is 0 Å². The Hall–Kier alpha value is -1.23. The van der Waals surface area contributed by atoms with Crippen LogP contribution in [0.2, 0.25) is 0 Å². The second kappa shape index (κ2) is 6.48. The van der Waals surface area contributed by atoms with Gasteiger partial charge in [-0.25, -0.2) is 4.98 Å². The van der Waals surface area contributed by atoms with Crippen LogP contribution >= 0.6 is 11.8 Å². The van der Waals surface area contributed by atoms with Crippen LogP contribution in [-0.2, 0) is 12.8 Å². The first kappa shape index (κ1) is 15.2. The van der Waals surface area contributed by atoms with Crippen LogP contribution in [0.1, 0.15) is 36.6 Å². The lowest BCUT2D eigenvalue weighted by Crippen LogP contribution is -2.34. The number of pyridine rings is 1. The number of fused-ring (bicyclic) bond motifs is 1. The number of amidine groups is 1. The highest BCUT2D eigenvalue weighted by molar-refractivity contribution is 7.98. The van der Waals surface area contributed by atoms with E-state index < -0.39 is 0 Å². The zero-order valence-corrected chi connectivity index (χ0v) is 13.4. The Bertz CT molecular complexity index is 501. The number of thioether (sulfide) groups is 1. The van der Waals surface area contributed by atoms with E-state index in [9.17, 15) is 0 Å². The van der Waals surface area contributed by atoms with E-state index in [-0.39, 0.29) is 5.84 Å². The van der Waals surface area contributed by atoms with Crippen LogP contribution in [0.4, 0.5) is 5.82 Å². The Morgan fingerprint density at radius 2 is 2.20 bits per heavy atom. The van der Waals surface area contributed by atoms with Gasteiger partial charge < -0.3 is 10.6 Å². The van der Waals surface area contributed by atoms with Gasteiger partial charge in [0.2, 0.25) is 0 Å². The van der Waals surface area contributed by atoms with Crippen LogP contribution in [-0.4, -0.2) is 35.9 Å². The fourth-order valence-corrected chi connectivity index (χ4v) is 3.36. The molecular formula is C15H24N4S. The Morgan fingerprint density at radius 3 is 2.85 bits per heavy atom. The number of nitrogens with two attached hydrogens (primary N) is 1. The summed E-state index contributed by atoms with van der Waals surface area (Å²) < 4.78 is 0. The lowest BCUT2D eigenvalue weighted by Gasteiger charge is -2.29. The summed E-state index contributed by atoms with van der Waals surface area (Å²) in [5, 5.41) is 7.84. The van der Waals surface area contributed by atoms with Gasteiger partial charge >= 0.3 is 0 Å². The minimum absolute atomic E-state index is 0.115. The number of aryl methyl sites for hydroxylation is 2. The minimum Gasteiger partial charge on any atom is -0.384 e. The number of nitrogens with zero attached hydrogens (tertiary/aromatic N) is 2. The minimum atomic E-state index is 0.115. The number of aromatic nitrogens is 1. The fourth-order valence-electron chi connectivity index (χ4n) is 2.65. The van der Waals surface area contributed by atoms with Crippen molar-refractivity contribution in [3.05, 3.63) is 22.9 Å². The van der Waals surface area contributed by atoms with Gasteiger partial charge in [-0.05, 0) is 50.5 Å². The number of hydrogen-bond acceptors (Lipinski definition) is 4. The Morgan fingerprint density at radius 1 is 1.50 bits per heavy atom. The van der Waals surface area contributed by atoms with E-state index in [0.717, 1.165) is 30.0 Å². The third kappa shape index (κ3) is 3.08. The molecule has 110 valence electrons. The maximum atomic E-state index is 7.84. The normalized spacial score (nSPS) is 15.6. The second-order valence-corrected chi connectivity index (χ2v) is 6.41. The maximum absolute atomic E-state index is 7.84. The van der Waals surface area contributed by atoms with E-state index in [2.05, 4.69) is 24.1 Å². The topological polar surface area (TPSA) is 66.0 Å². The highest BCUT2D eigenvalue weighted by Crippen LogP contribution is 2.27. The van der Waals surface area contributed by atoms with Gasteiger partial charge in [0.15, 0.2) is 0 Å². The highest BCUT2D eigenvalue weighted by Gasteiger charge is 2.21. The summed E-state index contributed by atoms with van der Waals surface area (Å²) in [7, 11) is 2.05. The first-order valence-electron chi connectivity index (χ1n) is 7.13. The van der Waals surface area contributed by atoms with Gasteiger partial charge in [-0.15, -0.1) is 0 Å². The van der Waals surface area contributed by atoms with Crippen molar-refractivity contribution >= 4 is 23.4 Å². The van der Waals surface area contributed by atoms with E-state index in [0.29, 0.717) is 6.04 Å². The van der Waals surface area contributed by atoms with Gasteiger partial charge in [0.25, 0.3) is 0 Å². The molecule has 0 saturated carbocycles. The predicted molar refractivity (Wildman–Crippen MR) is 88.1 cm³/mol. The molecule has 4 nitrogen and oxygen atoms in total. The summed E-state index contributed by atoms with van der Waals surface area (Å²) >= 11 is 1.82. The number of anilines is 1. The fraction of sp³-hybridized carbons (Fsp3) is 0.600. The largest absolute Gasteiger partial charge is 0.384 e. The summed E-state index contributed by atoms with van der Waals surface area (Å²) in [6, 6.07) is 2.46. The molecule has 0 bridgehead atoms. The monoisotopic (exact) mass is 292 g/mol. The molecule has 3 N–H and O–H groups in total. The van der Waals surface area contributed by atoms with Crippen molar-refractivity contribution < 1.29 is 0 Å². The molecular weight excluding hydrogens is 268 g/mol. The molecule has 1 aromatic heterocycles. The molecule has 5 heteroatoms. The summed E-state index contributed by atoms with van der Waals surface area (Å²) in [6.45, 7) is 2.18. The van der Waals surface area contributed by atoms with Crippen molar-refractivity contribution in [3.8, 4) is 0 Å². The third-order valence-corrected chi connectivity index (χ3v) is 4.79. The van der Waals surface area contributed by atoms with E-state index in [1.165, 1.54) is 24.1 Å². The summed E-state index contributed by atoms with van der Waals surface area (Å²) in [5.74, 6) is 2.01. The van der Waals surface area contributed by atoms with E-state index in [1.807, 2.05) is 18.8 Å². The summed E-state index contributed by atoms with van der Waals surface area (Å²) in [4.78, 5) is 6.99. The Balaban J connectivity index is 2.41. The maximum Gasteiger partial charge on any atom is 0.139 e. The average molecular weight is 292 g/mol. The molecule has 0 aromatic carbocycles. The summed E-state index contributed by atoms with van der Waals surface area (Å²) in [6.07, 6.45) is 6.64. The number of nitrogens with one attached hydrogen (secondary N) is 1. The molecule has 20 heavy (non-hydrogen) atoms. The van der Waals surface area contributed by atoms with Gasteiger partial charge in [0.1, 0.15) is 11.7 Å². The molecule has 1 aromatic rings. The molecule has 0 fully saturated rings. The Labute approximate surface area is 125 Å². The molecule has 1 atom stereocenters. The van der Waals surface area contributed by atoms with E-state index in [4.69, 9.17) is 16.1 Å². The molecule has 1 aliphatic carbocycles. The van der Waals surface area contributed by atoms with Crippen molar-refractivity contribution in [1.82, 2.24) is 4.98 Å². The van der Waals surface area contributed by atoms with Crippen LogP contribution in [0, 0.1) is 5.41 Å². The molecule has 1 unspecified atom stereocenters. The van der Waals surface area contributed by atoms with Gasteiger partial charge in [-0.3, -0.25) is 5.41 Å². The molecule has 0 radical (unpaired) electrons. The van der Waals surface area contributed by atoms with Crippen LogP contribution in [0.15, 0.2) is 6.07 Å². The van der Waals surface area contributed by atoms with Gasteiger partial charge in [-0.1, -0.05) is 0 Å². The number of rotatable bonds is 5. The molecule has 1 aliphatic rings. The SMILES string of the molecule is CSCC(C)N(C)c1nc2c(cc1C(=N)N)CCCC2. The smallest absolute Gasteiger partial charge is 0.139 e. The van der Waals surface area contributed by atoms with Gasteiger partial charge in [0, 0.05) is 24.5 Å². The van der Waals surface area contributed by atoms with Crippen LogP contribution < -0.4 is 10.6 Å². The number of hydrogen-bond donors (Lipinski definition) is 2. The van der Waals surface area contributed by atoms with Crippen LogP contribution in [0.25, 0.3) is 0 Å². The average Bonchev–Trinajstić information content (AvgIpc) is 2.45. The second-order valence-electron chi connectivity index (χ2n) is 5.50. The quantitative estimate of drug-likeness (QED) is 0.646. The van der Waals surface area contributed by atoms with Crippen molar-refractivity contribution in [2.24, 2.45) is 5.73 Å². The van der Waals surface area contributed by atoms with Crippen molar-refractivity contribution in [2.45, 2.75) is 38.6 Å². The molecule has 0 saturated heterocycles. The Kier molecular flexibility index (Phi) is 4.91. The van der Waals surface area contributed by atoms with Crippen molar-refractivity contribution in [2.75, 3.05) is 24.0 Å². The zero-order chi connectivity index (χ0) is 14.7. The molecule has 0 aliphatic heterocycles. The molecule has 0 amide bonds. The molecule has 0 spiro atoms. The summed E-state index contributed by atoms with van der Waals surface area (Å²) in [5.41, 5.74) is 9.02. The highest BCUT2D eigenvalue weighted by atomic mass is 32.2. The molecule has 1 heterocycles. The van der Waals surface area contributed by atoms with Gasteiger partial charge in [0.05, 0.1) is 5.56 Å². The first-order valence-corrected chi connectivity index (χ1v) is 8.53. The van der Waals surface area contributed by atoms with Gasteiger partial charge in [-0.2, -0.15) is 11.8 Å². The number of nitrogen functional groups attached to an aromatic ring is 1. The van der Waals surface area contributed by atoms with Crippen LogP contribution in [0.3, 0.4) is 0 Å². The zero-order valence-electron chi connectivity index (χ0n) is 12.6. The van der Waals surface area contributed by atoms with Crippen molar-refractivity contribution in [3.63, 3.8) is 0 Å². The van der Waals surface area contributed by atoms with Crippen molar-refractivity contribution in [1.29, 1.82) is 5.41 Å².